The van der Waals surface area contributed by atoms with Gasteiger partial charge in [0.05, 0.1) is 11.9 Å². The van der Waals surface area contributed by atoms with Crippen molar-refractivity contribution in [3.8, 4) is 11.4 Å². The summed E-state index contributed by atoms with van der Waals surface area (Å²) in [6, 6.07) is 47.8. The predicted octanol–water partition coefficient (Wildman–Crippen LogP) is 9.92. The molecule has 1 aromatic heterocycles. The van der Waals surface area contributed by atoms with E-state index in [2.05, 4.69) is 181 Å². The van der Waals surface area contributed by atoms with Crippen LogP contribution in [0.4, 0.5) is 28.6 Å². The highest BCUT2D eigenvalue weighted by Gasteiger charge is 2.56. The number of likely N-dealkylation sites (N-methyl/N-ethyl adjacent to an activating group) is 1. The Labute approximate surface area is 311 Å². The molecular formula is C46H41N7. The quantitative estimate of drug-likeness (QED) is 0.179. The number of hydrogen-bond acceptors (Lipinski definition) is 7. The van der Waals surface area contributed by atoms with Gasteiger partial charge in [-0.3, -0.25) is 4.90 Å². The van der Waals surface area contributed by atoms with E-state index in [1.807, 2.05) is 6.20 Å². The molecule has 0 amide bonds. The topological polar surface area (TPSA) is 51.1 Å². The second kappa shape index (κ2) is 11.9. The van der Waals surface area contributed by atoms with Crippen molar-refractivity contribution in [2.45, 2.75) is 51.4 Å². The van der Waals surface area contributed by atoms with E-state index < -0.39 is 0 Å². The first-order valence-electron chi connectivity index (χ1n) is 18.7. The number of fused-ring (bicyclic) bond motifs is 11. The highest BCUT2D eigenvalue weighted by Crippen LogP contribution is 2.61. The number of aryl methyl sites for hydroxylation is 1. The first-order chi connectivity index (χ1) is 26.1. The van der Waals surface area contributed by atoms with E-state index in [1.165, 1.54) is 28.0 Å². The van der Waals surface area contributed by atoms with Gasteiger partial charge in [-0.2, -0.15) is 5.10 Å². The molecule has 0 bridgehead atoms. The van der Waals surface area contributed by atoms with E-state index in [-0.39, 0.29) is 17.7 Å². The normalized spacial score (nSPS) is 19.1. The second-order valence-corrected chi connectivity index (χ2v) is 14.4. The van der Waals surface area contributed by atoms with Gasteiger partial charge in [0.2, 0.25) is 0 Å². The van der Waals surface area contributed by atoms with Gasteiger partial charge in [-0.25, -0.2) is 15.0 Å². The lowest BCUT2D eigenvalue weighted by Crippen LogP contribution is -2.54. The van der Waals surface area contributed by atoms with Gasteiger partial charge in [0.1, 0.15) is 11.9 Å². The highest BCUT2D eigenvalue weighted by atomic mass is 15.6. The highest BCUT2D eigenvalue weighted by molar-refractivity contribution is 6.14. The molecule has 2 unspecified atom stereocenters. The number of aromatic nitrogens is 2. The smallest absolute Gasteiger partial charge is 0.162 e. The number of benzene rings is 5. The van der Waals surface area contributed by atoms with Crippen molar-refractivity contribution >= 4 is 40.0 Å². The molecule has 7 heteroatoms. The van der Waals surface area contributed by atoms with E-state index in [9.17, 15) is 0 Å². The Kier molecular flexibility index (Phi) is 7.09. The van der Waals surface area contributed by atoms with Crippen LogP contribution in [0.25, 0.3) is 17.0 Å². The van der Waals surface area contributed by atoms with Crippen LogP contribution in [0.5, 0.6) is 0 Å². The molecule has 0 spiro atoms. The van der Waals surface area contributed by atoms with Crippen molar-refractivity contribution < 1.29 is 0 Å². The summed E-state index contributed by atoms with van der Waals surface area (Å²) in [6.07, 6.45) is 3.47. The van der Waals surface area contributed by atoms with Crippen molar-refractivity contribution in [3.63, 3.8) is 0 Å². The molecule has 5 heterocycles. The number of amidine groups is 1. The number of nitrogens with zero attached hydrogens (tertiary/aromatic N) is 7. The lowest BCUT2D eigenvalue weighted by molar-refractivity contribution is 0.508. The van der Waals surface area contributed by atoms with Crippen molar-refractivity contribution in [3.05, 3.63) is 167 Å². The summed E-state index contributed by atoms with van der Waals surface area (Å²) in [7, 11) is 2.21. The van der Waals surface area contributed by atoms with Gasteiger partial charge in [0.15, 0.2) is 23.6 Å². The van der Waals surface area contributed by atoms with Crippen LogP contribution in [0.15, 0.2) is 150 Å². The van der Waals surface area contributed by atoms with Crippen molar-refractivity contribution in [2.24, 2.45) is 5.10 Å². The molecule has 0 aliphatic carbocycles. The predicted molar refractivity (Wildman–Crippen MR) is 217 cm³/mol. The Morgan fingerprint density at radius 1 is 0.642 bits per heavy atom. The molecule has 4 aliphatic heterocycles. The maximum absolute atomic E-state index is 5.58. The summed E-state index contributed by atoms with van der Waals surface area (Å²) in [5.74, 6) is 2.59. The number of hydrazone groups is 1. The number of anilines is 5. The molecule has 53 heavy (non-hydrogen) atoms. The molecule has 10 rings (SSSR count). The van der Waals surface area contributed by atoms with Crippen LogP contribution in [-0.4, -0.2) is 35.2 Å². The summed E-state index contributed by atoms with van der Waals surface area (Å²) in [4.78, 5) is 17.8. The lowest BCUT2D eigenvalue weighted by Gasteiger charge is -2.46. The monoisotopic (exact) mass is 691 g/mol. The molecule has 0 N–H and O–H groups in total. The van der Waals surface area contributed by atoms with Crippen LogP contribution in [0.2, 0.25) is 0 Å². The summed E-state index contributed by atoms with van der Waals surface area (Å²) in [5, 5.41) is 7.86. The summed E-state index contributed by atoms with van der Waals surface area (Å²) >= 11 is 0. The van der Waals surface area contributed by atoms with Crippen LogP contribution < -0.4 is 19.7 Å². The first kappa shape index (κ1) is 31.5. The van der Waals surface area contributed by atoms with Gasteiger partial charge in [0, 0.05) is 46.1 Å². The van der Waals surface area contributed by atoms with Crippen LogP contribution in [-0.2, 0) is 5.41 Å². The number of hydrogen-bond donors (Lipinski definition) is 0. The van der Waals surface area contributed by atoms with Crippen molar-refractivity contribution in [2.75, 3.05) is 26.8 Å². The Morgan fingerprint density at radius 3 is 2.02 bits per heavy atom. The van der Waals surface area contributed by atoms with E-state index in [4.69, 9.17) is 15.1 Å². The second-order valence-electron chi connectivity index (χ2n) is 14.4. The molecule has 2 atom stereocenters. The fourth-order valence-corrected chi connectivity index (χ4v) is 9.48. The van der Waals surface area contributed by atoms with Gasteiger partial charge < -0.3 is 9.80 Å². The van der Waals surface area contributed by atoms with Gasteiger partial charge >= 0.3 is 0 Å². The van der Waals surface area contributed by atoms with E-state index in [0.717, 1.165) is 64.1 Å². The zero-order valence-corrected chi connectivity index (χ0v) is 30.5. The molecule has 0 radical (unpaired) electrons. The summed E-state index contributed by atoms with van der Waals surface area (Å²) in [5.41, 5.74) is 12.7. The molecule has 0 fully saturated rings. The SMILES string of the molecule is CCC1(CC)C2=C(C3N(N=C(c4ccccc4)N3c3ccccc3)c3ccccc32)C2N(C)c3nc(-c4ccccc4C)ncc3N2c2ccccc21. The minimum atomic E-state index is -0.279. The molecular weight excluding hydrogens is 651 g/mol. The molecule has 4 aliphatic rings. The Hall–Kier alpha value is -6.21. The van der Waals surface area contributed by atoms with Gasteiger partial charge in [-0.1, -0.05) is 123 Å². The van der Waals surface area contributed by atoms with Crippen LogP contribution in [0.1, 0.15) is 48.9 Å². The van der Waals surface area contributed by atoms with E-state index in [0.29, 0.717) is 0 Å². The minimum Gasteiger partial charge on any atom is -0.333 e. The molecule has 6 aromatic rings. The lowest BCUT2D eigenvalue weighted by atomic mass is 9.65. The largest absolute Gasteiger partial charge is 0.333 e. The Morgan fingerprint density at radius 2 is 1.28 bits per heavy atom. The minimum absolute atomic E-state index is 0.208. The van der Waals surface area contributed by atoms with Gasteiger partial charge in [-0.15, -0.1) is 0 Å². The maximum atomic E-state index is 5.58. The molecule has 5 aromatic carbocycles. The fourth-order valence-electron chi connectivity index (χ4n) is 9.48. The first-order valence-corrected chi connectivity index (χ1v) is 18.7. The molecule has 0 saturated carbocycles. The third-order valence-corrected chi connectivity index (χ3v) is 11.9. The average Bonchev–Trinajstić information content (AvgIpc) is 3.72. The van der Waals surface area contributed by atoms with Crippen LogP contribution in [0.3, 0.4) is 0 Å². The zero-order valence-electron chi connectivity index (χ0n) is 30.5. The van der Waals surface area contributed by atoms with Gasteiger partial charge in [0.25, 0.3) is 0 Å². The number of rotatable bonds is 5. The number of allylic oxidation sites excluding steroid dienone is 1. The molecule has 260 valence electrons. The average molecular weight is 692 g/mol. The number of para-hydroxylation sites is 3. The standard InChI is InChI=1S/C46H41N7/c1-5-46(6-2)35-26-16-18-28-37(35)52-38-29-47-41(33-24-14-13-19-30(33)3)48-43(38)50(4)44(52)39-40(46)34-25-15-17-27-36(34)53-45(39)51(32-22-11-8-12-23-32)42(49-53)31-20-9-7-10-21-31/h7-29,44-45H,5-6H2,1-4H3. The van der Waals surface area contributed by atoms with Crippen molar-refractivity contribution in [1.82, 2.24) is 9.97 Å². The maximum Gasteiger partial charge on any atom is 0.162 e. The summed E-state index contributed by atoms with van der Waals surface area (Å²) in [6.45, 7) is 6.85. The Balaban J connectivity index is 1.30. The van der Waals surface area contributed by atoms with E-state index >= 15 is 0 Å². The fraction of sp³-hybridized carbons (Fsp3) is 0.196. The third-order valence-electron chi connectivity index (χ3n) is 11.9. The summed E-state index contributed by atoms with van der Waals surface area (Å²) < 4.78 is 0. The van der Waals surface area contributed by atoms with Gasteiger partial charge in [-0.05, 0) is 60.7 Å². The van der Waals surface area contributed by atoms with Crippen molar-refractivity contribution in [1.29, 1.82) is 0 Å². The zero-order chi connectivity index (χ0) is 35.8. The van der Waals surface area contributed by atoms with Crippen LogP contribution in [0, 0.1) is 6.92 Å². The molecule has 7 nitrogen and oxygen atoms in total. The molecule has 0 saturated heterocycles. The van der Waals surface area contributed by atoms with Crippen LogP contribution >= 0.6 is 0 Å². The third kappa shape index (κ3) is 4.37. The Bertz CT molecular complexity index is 2450. The van der Waals surface area contributed by atoms with E-state index in [1.54, 1.807) is 0 Å².